The molecule has 3 fully saturated rings. The molecule has 0 bridgehead atoms. The minimum Gasteiger partial charge on any atom is -0.381 e. The van der Waals surface area contributed by atoms with Crippen LogP contribution in [0.2, 0.25) is 0 Å². The second kappa shape index (κ2) is 7.59. The first kappa shape index (κ1) is 17.8. The quantitative estimate of drug-likeness (QED) is 0.817. The predicted octanol–water partition coefficient (Wildman–Crippen LogP) is 4.10. The molecule has 4 heteroatoms. The number of likely N-dealkylation sites (tertiary alicyclic amines) is 1. The van der Waals surface area contributed by atoms with Gasteiger partial charge in [0.1, 0.15) is 0 Å². The fraction of sp³-hybridized carbons (Fsp3) is 0.682. The van der Waals surface area contributed by atoms with Gasteiger partial charge in [-0.3, -0.25) is 4.79 Å². The molecule has 26 heavy (non-hydrogen) atoms. The number of anilines is 1. The zero-order valence-corrected chi connectivity index (χ0v) is 16.1. The first-order valence-corrected chi connectivity index (χ1v) is 10.4. The van der Waals surface area contributed by atoms with Crippen LogP contribution >= 0.6 is 0 Å². The molecular weight excluding hydrogens is 324 g/mol. The molecule has 1 saturated carbocycles. The fourth-order valence-electron chi connectivity index (χ4n) is 5.42. The summed E-state index contributed by atoms with van der Waals surface area (Å²) >= 11 is 0. The van der Waals surface area contributed by atoms with Gasteiger partial charge in [-0.05, 0) is 69.2 Å². The Kier molecular flexibility index (Phi) is 5.21. The van der Waals surface area contributed by atoms with Crippen LogP contribution in [0.3, 0.4) is 0 Å². The van der Waals surface area contributed by atoms with Gasteiger partial charge in [-0.25, -0.2) is 0 Å². The van der Waals surface area contributed by atoms with Gasteiger partial charge in [-0.1, -0.05) is 6.42 Å². The molecule has 0 N–H and O–H groups in total. The summed E-state index contributed by atoms with van der Waals surface area (Å²) in [5.41, 5.74) is 2.28. The molecule has 0 aromatic heterocycles. The summed E-state index contributed by atoms with van der Waals surface area (Å²) in [6, 6.07) is 8.31. The maximum Gasteiger partial charge on any atom is 0.253 e. The van der Waals surface area contributed by atoms with Crippen LogP contribution in [0, 0.1) is 5.41 Å². The third-order valence-electron chi connectivity index (χ3n) is 6.84. The van der Waals surface area contributed by atoms with Crippen LogP contribution in [0.1, 0.15) is 61.7 Å². The van der Waals surface area contributed by atoms with Gasteiger partial charge in [0.05, 0.1) is 6.10 Å². The summed E-state index contributed by atoms with van der Waals surface area (Å²) in [4.78, 5) is 17.6. The van der Waals surface area contributed by atoms with E-state index in [0.717, 1.165) is 44.6 Å². The van der Waals surface area contributed by atoms with E-state index in [2.05, 4.69) is 21.9 Å². The Labute approximate surface area is 157 Å². The van der Waals surface area contributed by atoms with Crippen molar-refractivity contribution in [1.82, 2.24) is 4.90 Å². The number of hydrogen-bond acceptors (Lipinski definition) is 3. The lowest BCUT2D eigenvalue weighted by Crippen LogP contribution is -2.49. The number of benzene rings is 1. The zero-order valence-electron chi connectivity index (χ0n) is 16.1. The molecule has 2 heterocycles. The molecule has 1 aromatic rings. The van der Waals surface area contributed by atoms with Gasteiger partial charge in [-0.2, -0.15) is 0 Å². The third-order valence-corrected chi connectivity index (χ3v) is 6.84. The first-order valence-electron chi connectivity index (χ1n) is 10.4. The van der Waals surface area contributed by atoms with Crippen molar-refractivity contribution in [3.8, 4) is 0 Å². The summed E-state index contributed by atoms with van der Waals surface area (Å²) in [5, 5.41) is 0. The van der Waals surface area contributed by atoms with E-state index in [-0.39, 0.29) is 11.3 Å². The fourth-order valence-corrected chi connectivity index (χ4v) is 5.42. The number of carbonyl (C=O) groups is 1. The van der Waals surface area contributed by atoms with E-state index >= 15 is 0 Å². The van der Waals surface area contributed by atoms with Gasteiger partial charge in [0.15, 0.2) is 0 Å². The van der Waals surface area contributed by atoms with Crippen molar-refractivity contribution in [2.24, 2.45) is 5.41 Å². The summed E-state index contributed by atoms with van der Waals surface area (Å²) < 4.78 is 5.78. The molecule has 4 rings (SSSR count). The highest BCUT2D eigenvalue weighted by molar-refractivity contribution is 5.94. The highest BCUT2D eigenvalue weighted by Crippen LogP contribution is 2.46. The standard InChI is InChI=1S/C22H32N2O2/c1-26-20-7-5-12-22(20)13-6-16-24(17-22)21(25)18-8-10-19(11-9-18)23-14-3-2-4-15-23/h8-11,20H,2-7,12-17H2,1H3/t20-,22-/m1/s1. The number of nitrogens with zero attached hydrogens (tertiary/aromatic N) is 2. The number of carbonyl (C=O) groups excluding carboxylic acids is 1. The Bertz CT molecular complexity index is 624. The van der Waals surface area contributed by atoms with Gasteiger partial charge < -0.3 is 14.5 Å². The average molecular weight is 357 g/mol. The number of hydrogen-bond donors (Lipinski definition) is 0. The SMILES string of the molecule is CO[C@@H]1CCC[C@]12CCCN(C(=O)c1ccc(N3CCCCC3)cc1)C2. The number of ether oxygens (including phenoxy) is 1. The van der Waals surface area contributed by atoms with Gasteiger partial charge >= 0.3 is 0 Å². The molecule has 0 radical (unpaired) electrons. The molecule has 4 nitrogen and oxygen atoms in total. The van der Waals surface area contributed by atoms with Crippen molar-refractivity contribution in [2.75, 3.05) is 38.2 Å². The van der Waals surface area contributed by atoms with E-state index in [0.29, 0.717) is 6.10 Å². The van der Waals surface area contributed by atoms with Crippen molar-refractivity contribution >= 4 is 11.6 Å². The monoisotopic (exact) mass is 356 g/mol. The van der Waals surface area contributed by atoms with Crippen molar-refractivity contribution < 1.29 is 9.53 Å². The average Bonchev–Trinajstić information content (AvgIpc) is 3.09. The van der Waals surface area contributed by atoms with Crippen LogP contribution in [0.25, 0.3) is 0 Å². The van der Waals surface area contributed by atoms with Crippen molar-refractivity contribution in [3.05, 3.63) is 29.8 Å². The Morgan fingerprint density at radius 3 is 2.46 bits per heavy atom. The van der Waals surface area contributed by atoms with Crippen LogP contribution in [0.5, 0.6) is 0 Å². The number of rotatable bonds is 3. The maximum absolute atomic E-state index is 13.1. The Morgan fingerprint density at radius 1 is 1.00 bits per heavy atom. The lowest BCUT2D eigenvalue weighted by molar-refractivity contribution is -0.0295. The molecule has 142 valence electrons. The molecule has 2 aliphatic heterocycles. The predicted molar refractivity (Wildman–Crippen MR) is 105 cm³/mol. The molecule has 1 amide bonds. The Balaban J connectivity index is 1.45. The zero-order chi connectivity index (χ0) is 18.0. The number of amides is 1. The maximum atomic E-state index is 13.1. The Morgan fingerprint density at radius 2 is 1.73 bits per heavy atom. The normalized spacial score (nSPS) is 29.3. The van der Waals surface area contributed by atoms with Crippen LogP contribution in [-0.4, -0.2) is 50.2 Å². The third kappa shape index (κ3) is 3.36. The molecular formula is C22H32N2O2. The van der Waals surface area contributed by atoms with E-state index in [1.807, 2.05) is 19.2 Å². The van der Waals surface area contributed by atoms with Crippen molar-refractivity contribution in [2.45, 2.75) is 57.5 Å². The van der Waals surface area contributed by atoms with Crippen molar-refractivity contribution in [1.29, 1.82) is 0 Å². The smallest absolute Gasteiger partial charge is 0.253 e. The minimum absolute atomic E-state index is 0.191. The molecule has 0 unspecified atom stereocenters. The van der Waals surface area contributed by atoms with Crippen LogP contribution < -0.4 is 4.90 Å². The molecule has 1 aliphatic carbocycles. The lowest BCUT2D eigenvalue weighted by Gasteiger charge is -2.43. The first-order chi connectivity index (χ1) is 12.7. The summed E-state index contributed by atoms with van der Waals surface area (Å²) in [5.74, 6) is 0.191. The summed E-state index contributed by atoms with van der Waals surface area (Å²) in [6.07, 6.45) is 10.1. The van der Waals surface area contributed by atoms with Crippen molar-refractivity contribution in [3.63, 3.8) is 0 Å². The lowest BCUT2D eigenvalue weighted by atomic mass is 9.76. The second-order valence-corrected chi connectivity index (χ2v) is 8.40. The molecule has 3 aliphatic rings. The van der Waals surface area contributed by atoms with Gasteiger partial charge in [0.2, 0.25) is 0 Å². The van der Waals surface area contributed by atoms with E-state index in [9.17, 15) is 4.79 Å². The largest absolute Gasteiger partial charge is 0.381 e. The Hall–Kier alpha value is -1.55. The van der Waals surface area contributed by atoms with Crippen LogP contribution in [0.15, 0.2) is 24.3 Å². The van der Waals surface area contributed by atoms with Gasteiger partial charge in [0, 0.05) is 50.0 Å². The molecule has 1 aromatic carbocycles. The van der Waals surface area contributed by atoms with E-state index in [4.69, 9.17) is 4.74 Å². The minimum atomic E-state index is 0.191. The molecule has 2 atom stereocenters. The molecule has 1 spiro atoms. The second-order valence-electron chi connectivity index (χ2n) is 8.40. The van der Waals surface area contributed by atoms with Crippen LogP contribution in [0.4, 0.5) is 5.69 Å². The highest BCUT2D eigenvalue weighted by atomic mass is 16.5. The van der Waals surface area contributed by atoms with Gasteiger partial charge in [0.25, 0.3) is 5.91 Å². The van der Waals surface area contributed by atoms with Gasteiger partial charge in [-0.15, -0.1) is 0 Å². The number of piperidine rings is 2. The van der Waals surface area contributed by atoms with E-state index in [1.54, 1.807) is 0 Å². The van der Waals surface area contributed by atoms with Crippen LogP contribution in [-0.2, 0) is 4.74 Å². The van der Waals surface area contributed by atoms with E-state index in [1.165, 1.54) is 44.2 Å². The number of methoxy groups -OCH3 is 1. The summed E-state index contributed by atoms with van der Waals surface area (Å²) in [6.45, 7) is 4.02. The summed E-state index contributed by atoms with van der Waals surface area (Å²) in [7, 11) is 1.83. The highest BCUT2D eigenvalue weighted by Gasteiger charge is 2.46. The van der Waals surface area contributed by atoms with E-state index < -0.39 is 0 Å². The topological polar surface area (TPSA) is 32.8 Å². The molecule has 2 saturated heterocycles.